The molecule has 2 aromatic rings. The van der Waals surface area contributed by atoms with Crippen LogP contribution in [0.1, 0.15) is 54.6 Å². The van der Waals surface area contributed by atoms with Gasteiger partial charge in [0.2, 0.25) is 11.8 Å². The standard InChI is InChI=1S/C27H34N4O3/c1-4-29(5-2)26(33)21-12-13-22-24(16-21)31(27(34)23-11-6-7-14-30(22)23)18-25(32)28-17-20-10-8-9-19(3)15-20/h8-10,12-13,15-16,23H,4-7,11,14,17-18H2,1-3H3,(H,28,32)/t23-/m0/s1. The fourth-order valence-electron chi connectivity index (χ4n) is 4.97. The molecule has 180 valence electrons. The zero-order valence-electron chi connectivity index (χ0n) is 20.3. The van der Waals surface area contributed by atoms with Gasteiger partial charge in [-0.25, -0.2) is 0 Å². The second kappa shape index (κ2) is 10.3. The van der Waals surface area contributed by atoms with Gasteiger partial charge in [0.25, 0.3) is 5.91 Å². The van der Waals surface area contributed by atoms with Gasteiger partial charge in [0.05, 0.1) is 11.4 Å². The molecule has 0 aromatic heterocycles. The van der Waals surface area contributed by atoms with E-state index in [4.69, 9.17) is 0 Å². The van der Waals surface area contributed by atoms with Gasteiger partial charge in [0.15, 0.2) is 0 Å². The summed E-state index contributed by atoms with van der Waals surface area (Å²) in [6, 6.07) is 13.3. The van der Waals surface area contributed by atoms with Gasteiger partial charge >= 0.3 is 0 Å². The van der Waals surface area contributed by atoms with E-state index in [1.165, 1.54) is 0 Å². The molecule has 2 heterocycles. The minimum atomic E-state index is -0.254. The summed E-state index contributed by atoms with van der Waals surface area (Å²) in [5.74, 6) is -0.347. The maximum absolute atomic E-state index is 13.5. The van der Waals surface area contributed by atoms with E-state index in [1.54, 1.807) is 15.9 Å². The lowest BCUT2D eigenvalue weighted by atomic mass is 9.95. The Kier molecular flexibility index (Phi) is 7.20. The van der Waals surface area contributed by atoms with Crippen LogP contribution in [0.4, 0.5) is 11.4 Å². The number of benzene rings is 2. The topological polar surface area (TPSA) is 73.0 Å². The summed E-state index contributed by atoms with van der Waals surface area (Å²) in [4.78, 5) is 44.9. The Labute approximate surface area is 201 Å². The third kappa shape index (κ3) is 4.79. The number of carbonyl (C=O) groups is 3. The Morgan fingerprint density at radius 3 is 2.59 bits per heavy atom. The highest BCUT2D eigenvalue weighted by Gasteiger charge is 2.40. The molecule has 0 spiro atoms. The number of piperidine rings is 1. The van der Waals surface area contributed by atoms with Gasteiger partial charge in [-0.05, 0) is 63.8 Å². The number of hydrogen-bond acceptors (Lipinski definition) is 4. The number of fused-ring (bicyclic) bond motifs is 3. The van der Waals surface area contributed by atoms with Crippen LogP contribution in [-0.4, -0.2) is 54.8 Å². The number of amides is 3. The van der Waals surface area contributed by atoms with Crippen LogP contribution in [0.3, 0.4) is 0 Å². The van der Waals surface area contributed by atoms with E-state index in [0.717, 1.165) is 42.6 Å². The van der Waals surface area contributed by atoms with Gasteiger partial charge in [-0.1, -0.05) is 29.8 Å². The molecule has 0 saturated carbocycles. The Morgan fingerprint density at radius 2 is 1.85 bits per heavy atom. The monoisotopic (exact) mass is 462 g/mol. The van der Waals surface area contributed by atoms with Crippen molar-refractivity contribution in [2.75, 3.05) is 36.0 Å². The summed E-state index contributed by atoms with van der Waals surface area (Å²) in [5.41, 5.74) is 4.26. The number of nitrogens with one attached hydrogen (secondary N) is 1. The zero-order valence-corrected chi connectivity index (χ0v) is 20.3. The molecule has 4 rings (SSSR count). The van der Waals surface area contributed by atoms with E-state index in [1.807, 2.05) is 57.2 Å². The lowest BCUT2D eigenvalue weighted by Gasteiger charge is -2.45. The normalized spacial score (nSPS) is 17.1. The van der Waals surface area contributed by atoms with Crippen molar-refractivity contribution in [3.63, 3.8) is 0 Å². The van der Waals surface area contributed by atoms with Crippen LogP contribution in [0.5, 0.6) is 0 Å². The van der Waals surface area contributed by atoms with E-state index in [2.05, 4.69) is 10.2 Å². The molecule has 1 fully saturated rings. The molecule has 1 saturated heterocycles. The van der Waals surface area contributed by atoms with E-state index in [-0.39, 0.29) is 30.3 Å². The summed E-state index contributed by atoms with van der Waals surface area (Å²) >= 11 is 0. The van der Waals surface area contributed by atoms with Crippen LogP contribution >= 0.6 is 0 Å². The highest BCUT2D eigenvalue weighted by Crippen LogP contribution is 2.40. The first-order valence-corrected chi connectivity index (χ1v) is 12.3. The Bertz CT molecular complexity index is 1080. The largest absolute Gasteiger partial charge is 0.358 e. The van der Waals surface area contributed by atoms with Gasteiger partial charge in [-0.15, -0.1) is 0 Å². The second-order valence-corrected chi connectivity index (χ2v) is 9.08. The van der Waals surface area contributed by atoms with Crippen molar-refractivity contribution in [1.29, 1.82) is 0 Å². The molecule has 7 heteroatoms. The third-order valence-corrected chi connectivity index (χ3v) is 6.80. The fraction of sp³-hybridized carbons (Fsp3) is 0.444. The van der Waals surface area contributed by atoms with Crippen molar-refractivity contribution in [1.82, 2.24) is 10.2 Å². The molecule has 7 nitrogen and oxygen atoms in total. The first-order chi connectivity index (χ1) is 16.4. The molecule has 0 aliphatic carbocycles. The molecule has 2 aromatic carbocycles. The third-order valence-electron chi connectivity index (χ3n) is 6.80. The molecule has 0 unspecified atom stereocenters. The number of rotatable bonds is 7. The SMILES string of the molecule is CCN(CC)C(=O)c1ccc2c(c1)N(CC(=O)NCc1cccc(C)c1)C(=O)[C@@H]1CCCCN21. The molecule has 0 bridgehead atoms. The molecule has 2 aliphatic rings. The number of aryl methyl sites for hydroxylation is 1. The fourth-order valence-corrected chi connectivity index (χ4v) is 4.97. The van der Waals surface area contributed by atoms with Gasteiger partial charge in [0.1, 0.15) is 12.6 Å². The molecule has 0 radical (unpaired) electrons. The average Bonchev–Trinajstić information content (AvgIpc) is 2.85. The average molecular weight is 463 g/mol. The number of nitrogens with zero attached hydrogens (tertiary/aromatic N) is 3. The van der Waals surface area contributed by atoms with Crippen LogP contribution in [0, 0.1) is 6.92 Å². The summed E-state index contributed by atoms with van der Waals surface area (Å²) in [6.07, 6.45) is 2.80. The van der Waals surface area contributed by atoms with Gasteiger partial charge in [-0.3, -0.25) is 19.3 Å². The summed E-state index contributed by atoms with van der Waals surface area (Å²) in [7, 11) is 0. The van der Waals surface area contributed by atoms with Gasteiger partial charge in [-0.2, -0.15) is 0 Å². The van der Waals surface area contributed by atoms with E-state index in [0.29, 0.717) is 30.9 Å². The molecule has 34 heavy (non-hydrogen) atoms. The molecule has 2 aliphatic heterocycles. The maximum atomic E-state index is 13.5. The molecular weight excluding hydrogens is 428 g/mol. The minimum Gasteiger partial charge on any atom is -0.358 e. The Balaban J connectivity index is 1.60. The Hall–Kier alpha value is -3.35. The highest BCUT2D eigenvalue weighted by atomic mass is 16.2. The van der Waals surface area contributed by atoms with Gasteiger partial charge < -0.3 is 15.1 Å². The van der Waals surface area contributed by atoms with Crippen molar-refractivity contribution in [3.05, 3.63) is 59.2 Å². The highest BCUT2D eigenvalue weighted by molar-refractivity contribution is 6.09. The van der Waals surface area contributed by atoms with E-state index >= 15 is 0 Å². The van der Waals surface area contributed by atoms with E-state index in [9.17, 15) is 14.4 Å². The predicted octanol–water partition coefficient (Wildman–Crippen LogP) is 3.50. The maximum Gasteiger partial charge on any atom is 0.253 e. The summed E-state index contributed by atoms with van der Waals surface area (Å²) in [6.45, 7) is 8.30. The van der Waals surface area contributed by atoms with Crippen molar-refractivity contribution in [2.45, 2.75) is 52.6 Å². The van der Waals surface area contributed by atoms with Crippen molar-refractivity contribution >= 4 is 29.1 Å². The first kappa shape index (κ1) is 23.8. The van der Waals surface area contributed by atoms with Crippen LogP contribution < -0.4 is 15.1 Å². The minimum absolute atomic E-state index is 0.0645. The number of carbonyl (C=O) groups excluding carboxylic acids is 3. The van der Waals surface area contributed by atoms with Crippen LogP contribution in [0.25, 0.3) is 0 Å². The molecule has 1 atom stereocenters. The lowest BCUT2D eigenvalue weighted by molar-refractivity contribution is -0.125. The predicted molar refractivity (Wildman–Crippen MR) is 134 cm³/mol. The van der Waals surface area contributed by atoms with Crippen molar-refractivity contribution < 1.29 is 14.4 Å². The molecule has 1 N–H and O–H groups in total. The van der Waals surface area contributed by atoms with Crippen LogP contribution in [-0.2, 0) is 16.1 Å². The Morgan fingerprint density at radius 1 is 1.06 bits per heavy atom. The van der Waals surface area contributed by atoms with E-state index < -0.39 is 0 Å². The van der Waals surface area contributed by atoms with Crippen molar-refractivity contribution in [3.8, 4) is 0 Å². The number of hydrogen-bond donors (Lipinski definition) is 1. The van der Waals surface area contributed by atoms with Crippen LogP contribution in [0.2, 0.25) is 0 Å². The quantitative estimate of drug-likeness (QED) is 0.684. The second-order valence-electron chi connectivity index (χ2n) is 9.08. The van der Waals surface area contributed by atoms with Crippen molar-refractivity contribution in [2.24, 2.45) is 0 Å². The summed E-state index contributed by atoms with van der Waals surface area (Å²) < 4.78 is 0. The first-order valence-electron chi connectivity index (χ1n) is 12.3. The number of anilines is 2. The van der Waals surface area contributed by atoms with Gasteiger partial charge in [0, 0.05) is 31.7 Å². The molecular formula is C27H34N4O3. The smallest absolute Gasteiger partial charge is 0.253 e. The summed E-state index contributed by atoms with van der Waals surface area (Å²) in [5, 5.41) is 2.95. The van der Waals surface area contributed by atoms with Crippen LogP contribution in [0.15, 0.2) is 42.5 Å². The molecule has 3 amide bonds. The zero-order chi connectivity index (χ0) is 24.2. The lowest BCUT2D eigenvalue weighted by Crippen LogP contribution is -2.57.